The van der Waals surface area contributed by atoms with E-state index in [2.05, 4.69) is 10.4 Å². The van der Waals surface area contributed by atoms with E-state index in [1.807, 2.05) is 36.0 Å². The summed E-state index contributed by atoms with van der Waals surface area (Å²) in [5.41, 5.74) is 1.37. The summed E-state index contributed by atoms with van der Waals surface area (Å²) in [5, 5.41) is 8.36. The minimum Gasteiger partial charge on any atom is -0.449 e. The maximum absolute atomic E-state index is 12.2. The molecule has 6 heteroatoms. The van der Waals surface area contributed by atoms with E-state index in [0.717, 1.165) is 23.9 Å². The summed E-state index contributed by atoms with van der Waals surface area (Å²) in [6.07, 6.45) is 4.43. The molecule has 0 aliphatic heterocycles. The Kier molecular flexibility index (Phi) is 4.15. The molecule has 0 aliphatic rings. The molecule has 2 aromatic heterocycles. The highest BCUT2D eigenvalue weighted by atomic mass is 35.5. The number of aryl methyl sites for hydroxylation is 2. The molecule has 5 nitrogen and oxygen atoms in total. The number of aromatic nitrogens is 2. The van der Waals surface area contributed by atoms with Crippen LogP contribution >= 0.6 is 11.6 Å². The van der Waals surface area contributed by atoms with Gasteiger partial charge in [0.1, 0.15) is 0 Å². The Morgan fingerprint density at radius 3 is 3.00 bits per heavy atom. The number of amides is 1. The molecular formula is C16H16ClN3O2. The van der Waals surface area contributed by atoms with E-state index in [1.54, 1.807) is 12.3 Å². The Morgan fingerprint density at radius 1 is 1.41 bits per heavy atom. The Bertz CT molecular complexity index is 793. The second-order valence-corrected chi connectivity index (χ2v) is 5.46. The highest BCUT2D eigenvalue weighted by Gasteiger charge is 2.18. The molecule has 0 atom stereocenters. The molecule has 0 saturated heterocycles. The summed E-state index contributed by atoms with van der Waals surface area (Å²) < 4.78 is 7.46. The highest BCUT2D eigenvalue weighted by molar-refractivity contribution is 6.35. The molecule has 3 rings (SSSR count). The van der Waals surface area contributed by atoms with Gasteiger partial charge in [0.25, 0.3) is 5.91 Å². The lowest BCUT2D eigenvalue weighted by Gasteiger charge is -2.04. The standard InChI is InChI=1S/C16H16ClN3O2/c1-11-12-5-2-6-13(17)15(12)22-14(11)16(21)18-7-3-9-20-10-4-8-19-20/h2,4-6,8,10H,3,7,9H2,1H3,(H,18,21). The van der Waals surface area contributed by atoms with Crippen molar-refractivity contribution in [1.82, 2.24) is 15.1 Å². The van der Waals surface area contributed by atoms with Crippen LogP contribution in [0.15, 0.2) is 41.1 Å². The van der Waals surface area contributed by atoms with Crippen LogP contribution in [0.5, 0.6) is 0 Å². The van der Waals surface area contributed by atoms with Crippen molar-refractivity contribution >= 4 is 28.5 Å². The minimum absolute atomic E-state index is 0.217. The summed E-state index contributed by atoms with van der Waals surface area (Å²) in [4.78, 5) is 12.2. The Morgan fingerprint density at radius 2 is 2.27 bits per heavy atom. The van der Waals surface area contributed by atoms with Crippen molar-refractivity contribution in [1.29, 1.82) is 0 Å². The molecule has 1 N–H and O–H groups in total. The molecule has 3 aromatic rings. The van der Waals surface area contributed by atoms with Gasteiger partial charge >= 0.3 is 0 Å². The van der Waals surface area contributed by atoms with Crippen molar-refractivity contribution in [2.45, 2.75) is 19.9 Å². The normalized spacial score (nSPS) is 11.0. The number of carbonyl (C=O) groups is 1. The topological polar surface area (TPSA) is 60.1 Å². The first-order valence-corrected chi connectivity index (χ1v) is 7.48. The van der Waals surface area contributed by atoms with Crippen LogP contribution in [0.2, 0.25) is 5.02 Å². The first-order valence-electron chi connectivity index (χ1n) is 7.10. The molecule has 1 aromatic carbocycles. The van der Waals surface area contributed by atoms with E-state index in [-0.39, 0.29) is 5.91 Å². The zero-order valence-corrected chi connectivity index (χ0v) is 12.9. The highest BCUT2D eigenvalue weighted by Crippen LogP contribution is 2.30. The summed E-state index contributed by atoms with van der Waals surface area (Å²) in [7, 11) is 0. The van der Waals surface area contributed by atoms with Gasteiger partial charge in [-0.25, -0.2) is 0 Å². The summed E-state index contributed by atoms with van der Waals surface area (Å²) in [6, 6.07) is 7.37. The van der Waals surface area contributed by atoms with Crippen LogP contribution in [0.25, 0.3) is 11.0 Å². The number of benzene rings is 1. The van der Waals surface area contributed by atoms with Gasteiger partial charge in [-0.1, -0.05) is 23.7 Å². The van der Waals surface area contributed by atoms with Gasteiger partial charge in [-0.15, -0.1) is 0 Å². The molecule has 0 fully saturated rings. The van der Waals surface area contributed by atoms with Crippen molar-refractivity contribution in [2.24, 2.45) is 0 Å². The average molecular weight is 318 g/mol. The quantitative estimate of drug-likeness (QED) is 0.734. The van der Waals surface area contributed by atoms with Crippen LogP contribution in [0.4, 0.5) is 0 Å². The minimum atomic E-state index is -0.217. The van der Waals surface area contributed by atoms with Crippen molar-refractivity contribution in [3.05, 3.63) is 53.0 Å². The Labute approximate surface area is 132 Å². The number of nitrogens with zero attached hydrogens (tertiary/aromatic N) is 2. The van der Waals surface area contributed by atoms with Crippen molar-refractivity contribution < 1.29 is 9.21 Å². The molecule has 2 heterocycles. The molecule has 0 bridgehead atoms. The lowest BCUT2D eigenvalue weighted by Crippen LogP contribution is -2.25. The number of para-hydroxylation sites is 1. The van der Waals surface area contributed by atoms with Crippen LogP contribution in [0.1, 0.15) is 22.5 Å². The summed E-state index contributed by atoms with van der Waals surface area (Å²) in [6.45, 7) is 3.18. The number of fused-ring (bicyclic) bond motifs is 1. The molecule has 114 valence electrons. The molecule has 0 spiro atoms. The fraction of sp³-hybridized carbons (Fsp3) is 0.250. The maximum Gasteiger partial charge on any atom is 0.287 e. The van der Waals surface area contributed by atoms with Gasteiger partial charge in [0, 0.05) is 36.4 Å². The van der Waals surface area contributed by atoms with Crippen LogP contribution in [0.3, 0.4) is 0 Å². The number of hydrogen-bond donors (Lipinski definition) is 1. The second-order valence-electron chi connectivity index (χ2n) is 5.05. The zero-order chi connectivity index (χ0) is 15.5. The van der Waals surface area contributed by atoms with Crippen LogP contribution in [0, 0.1) is 6.92 Å². The molecule has 0 aliphatic carbocycles. The van der Waals surface area contributed by atoms with E-state index in [4.69, 9.17) is 16.0 Å². The summed E-state index contributed by atoms with van der Waals surface area (Å²) >= 11 is 6.10. The van der Waals surface area contributed by atoms with Gasteiger partial charge in [0.2, 0.25) is 0 Å². The largest absolute Gasteiger partial charge is 0.449 e. The maximum atomic E-state index is 12.2. The third kappa shape index (κ3) is 2.85. The predicted octanol–water partition coefficient (Wildman–Crippen LogP) is 3.41. The number of halogens is 1. The van der Waals surface area contributed by atoms with Crippen LogP contribution in [-0.4, -0.2) is 22.2 Å². The molecular weight excluding hydrogens is 302 g/mol. The fourth-order valence-electron chi connectivity index (χ4n) is 2.38. The molecule has 0 unspecified atom stereocenters. The fourth-order valence-corrected chi connectivity index (χ4v) is 2.59. The van der Waals surface area contributed by atoms with Crippen LogP contribution in [-0.2, 0) is 6.54 Å². The Balaban J connectivity index is 1.65. The first-order chi connectivity index (χ1) is 10.7. The van der Waals surface area contributed by atoms with Gasteiger partial charge in [-0.2, -0.15) is 5.10 Å². The number of carbonyl (C=O) groups excluding carboxylic acids is 1. The van der Waals surface area contributed by atoms with Gasteiger partial charge in [-0.3, -0.25) is 9.48 Å². The monoisotopic (exact) mass is 317 g/mol. The van der Waals surface area contributed by atoms with Crippen molar-refractivity contribution in [3.8, 4) is 0 Å². The number of furan rings is 1. The second kappa shape index (κ2) is 6.23. The predicted molar refractivity (Wildman–Crippen MR) is 85.1 cm³/mol. The average Bonchev–Trinajstić information content (AvgIpc) is 3.13. The van der Waals surface area contributed by atoms with E-state index < -0.39 is 0 Å². The smallest absolute Gasteiger partial charge is 0.287 e. The number of rotatable bonds is 5. The van der Waals surface area contributed by atoms with Crippen molar-refractivity contribution in [3.63, 3.8) is 0 Å². The van der Waals surface area contributed by atoms with Gasteiger partial charge < -0.3 is 9.73 Å². The number of nitrogens with one attached hydrogen (secondary N) is 1. The van der Waals surface area contributed by atoms with Gasteiger partial charge in [0.15, 0.2) is 11.3 Å². The van der Waals surface area contributed by atoms with E-state index in [0.29, 0.717) is 22.9 Å². The summed E-state index contributed by atoms with van der Waals surface area (Å²) in [5.74, 6) is 0.104. The Hall–Kier alpha value is -2.27. The lowest BCUT2D eigenvalue weighted by molar-refractivity contribution is 0.0926. The van der Waals surface area contributed by atoms with Gasteiger partial charge in [-0.05, 0) is 25.5 Å². The van der Waals surface area contributed by atoms with Crippen molar-refractivity contribution in [2.75, 3.05) is 6.54 Å². The third-order valence-corrected chi connectivity index (χ3v) is 3.83. The first kappa shape index (κ1) is 14.7. The van der Waals surface area contributed by atoms with Crippen LogP contribution < -0.4 is 5.32 Å². The van der Waals surface area contributed by atoms with E-state index in [1.165, 1.54) is 0 Å². The lowest BCUT2D eigenvalue weighted by atomic mass is 10.1. The SMILES string of the molecule is Cc1c(C(=O)NCCCn2cccn2)oc2c(Cl)cccc12. The number of hydrogen-bond acceptors (Lipinski definition) is 3. The molecule has 0 saturated carbocycles. The zero-order valence-electron chi connectivity index (χ0n) is 12.2. The van der Waals surface area contributed by atoms with Gasteiger partial charge in [0.05, 0.1) is 5.02 Å². The molecule has 0 radical (unpaired) electrons. The molecule has 1 amide bonds. The third-order valence-electron chi connectivity index (χ3n) is 3.53. The van der Waals surface area contributed by atoms with E-state index in [9.17, 15) is 4.79 Å². The molecule has 22 heavy (non-hydrogen) atoms. The van der Waals surface area contributed by atoms with E-state index >= 15 is 0 Å².